The maximum Gasteiger partial charge on any atom is 0.198 e. The molecule has 0 heterocycles. The first-order chi connectivity index (χ1) is 5.83. The van der Waals surface area contributed by atoms with Crippen LogP contribution in [0.1, 0.15) is 18.4 Å². The summed E-state index contributed by atoms with van der Waals surface area (Å²) in [5.74, 6) is -0.220. The molecule has 0 aliphatic heterocycles. The monoisotopic (exact) mass is 165 g/mol. The number of carbonyl (C=O) groups excluding carboxylic acids is 1. The molecule has 1 rings (SSSR count). The van der Waals surface area contributed by atoms with Crippen molar-refractivity contribution in [1.82, 2.24) is 0 Å². The minimum Gasteiger partial charge on any atom is -0.291 e. The lowest BCUT2D eigenvalue weighted by molar-refractivity contribution is 0.548. The molecule has 0 fully saturated rings. The Morgan fingerprint density at radius 1 is 1.42 bits per heavy atom. The Bertz CT molecular complexity index is 258. The zero-order valence-corrected chi connectivity index (χ0v) is 6.72. The van der Waals surface area contributed by atoms with Crippen LogP contribution >= 0.6 is 0 Å². The molecule has 0 saturated carbocycles. The highest BCUT2D eigenvalue weighted by atomic mass is 19.1. The highest BCUT2D eigenvalue weighted by molar-refractivity contribution is 5.50. The standard InChI is InChI=1S/C10H10FO/c11-10-6-3-5-9(8-10)4-1-2-7-12/h3,5-6,8H,1-2,4H2. The normalized spacial score (nSPS) is 9.75. The summed E-state index contributed by atoms with van der Waals surface area (Å²) in [6.07, 6.45) is 3.72. The summed E-state index contributed by atoms with van der Waals surface area (Å²) < 4.78 is 12.6. The molecule has 1 aromatic carbocycles. The van der Waals surface area contributed by atoms with Crippen molar-refractivity contribution in [2.75, 3.05) is 0 Å². The molecular formula is C10H10FO. The lowest BCUT2D eigenvalue weighted by atomic mass is 10.1. The fourth-order valence-corrected chi connectivity index (χ4v) is 1.06. The van der Waals surface area contributed by atoms with E-state index in [4.69, 9.17) is 0 Å². The van der Waals surface area contributed by atoms with Crippen molar-refractivity contribution in [2.24, 2.45) is 0 Å². The van der Waals surface area contributed by atoms with Crippen molar-refractivity contribution in [3.05, 3.63) is 35.6 Å². The van der Waals surface area contributed by atoms with E-state index in [0.717, 1.165) is 18.4 Å². The summed E-state index contributed by atoms with van der Waals surface area (Å²) in [7, 11) is 0. The molecule has 0 unspecified atom stereocenters. The van der Waals surface area contributed by atoms with Crippen LogP contribution in [0.15, 0.2) is 24.3 Å². The lowest BCUT2D eigenvalue weighted by Gasteiger charge is -1.97. The predicted octanol–water partition coefficient (Wildman–Crippen LogP) is 2.26. The third-order valence-corrected chi connectivity index (χ3v) is 1.63. The Morgan fingerprint density at radius 3 is 2.92 bits per heavy atom. The van der Waals surface area contributed by atoms with Gasteiger partial charge in [0, 0.05) is 6.42 Å². The van der Waals surface area contributed by atoms with Gasteiger partial charge in [-0.15, -0.1) is 0 Å². The molecule has 0 atom stereocenters. The van der Waals surface area contributed by atoms with Crippen LogP contribution < -0.4 is 0 Å². The van der Waals surface area contributed by atoms with Crippen LogP contribution in [-0.2, 0) is 11.2 Å². The van der Waals surface area contributed by atoms with Gasteiger partial charge in [-0.2, -0.15) is 0 Å². The van der Waals surface area contributed by atoms with Crippen LogP contribution in [0.5, 0.6) is 0 Å². The summed E-state index contributed by atoms with van der Waals surface area (Å²) in [6.45, 7) is 0. The van der Waals surface area contributed by atoms with Gasteiger partial charge in [0.1, 0.15) is 5.82 Å². The smallest absolute Gasteiger partial charge is 0.198 e. The first kappa shape index (κ1) is 8.91. The average Bonchev–Trinajstić information content (AvgIpc) is 2.05. The lowest BCUT2D eigenvalue weighted by Crippen LogP contribution is -1.86. The maximum absolute atomic E-state index is 12.6. The first-order valence-electron chi connectivity index (χ1n) is 3.92. The molecule has 1 aromatic rings. The van der Waals surface area contributed by atoms with E-state index in [9.17, 15) is 9.18 Å². The van der Waals surface area contributed by atoms with Crippen LogP contribution in [-0.4, -0.2) is 6.29 Å². The summed E-state index contributed by atoms with van der Waals surface area (Å²) >= 11 is 0. The Morgan fingerprint density at radius 2 is 2.25 bits per heavy atom. The van der Waals surface area contributed by atoms with Gasteiger partial charge < -0.3 is 0 Å². The Balaban J connectivity index is 2.46. The highest BCUT2D eigenvalue weighted by Gasteiger charge is 1.94. The summed E-state index contributed by atoms with van der Waals surface area (Å²) in [5, 5.41) is 0. The molecule has 0 saturated heterocycles. The molecule has 12 heavy (non-hydrogen) atoms. The second-order valence-corrected chi connectivity index (χ2v) is 2.63. The van der Waals surface area contributed by atoms with Gasteiger partial charge in [-0.3, -0.25) is 4.79 Å². The summed E-state index contributed by atoms with van der Waals surface area (Å²) in [4.78, 5) is 9.86. The van der Waals surface area contributed by atoms with Gasteiger partial charge in [0.15, 0.2) is 6.29 Å². The van der Waals surface area contributed by atoms with Gasteiger partial charge in [0.25, 0.3) is 0 Å². The molecule has 0 spiro atoms. The van der Waals surface area contributed by atoms with Crippen molar-refractivity contribution in [3.8, 4) is 0 Å². The Kier molecular flexibility index (Phi) is 3.45. The second-order valence-electron chi connectivity index (χ2n) is 2.63. The molecule has 63 valence electrons. The van der Waals surface area contributed by atoms with E-state index in [0.29, 0.717) is 6.42 Å². The van der Waals surface area contributed by atoms with Crippen LogP contribution in [0, 0.1) is 5.82 Å². The molecule has 0 aliphatic carbocycles. The van der Waals surface area contributed by atoms with Gasteiger partial charge in [0.05, 0.1) is 0 Å². The molecule has 0 aliphatic rings. The van der Waals surface area contributed by atoms with E-state index >= 15 is 0 Å². The zero-order valence-electron chi connectivity index (χ0n) is 6.72. The van der Waals surface area contributed by atoms with Crippen molar-refractivity contribution in [1.29, 1.82) is 0 Å². The van der Waals surface area contributed by atoms with Crippen molar-refractivity contribution < 1.29 is 9.18 Å². The quantitative estimate of drug-likeness (QED) is 0.625. The van der Waals surface area contributed by atoms with Crippen LogP contribution in [0.3, 0.4) is 0 Å². The van der Waals surface area contributed by atoms with Crippen molar-refractivity contribution >= 4 is 6.29 Å². The van der Waals surface area contributed by atoms with E-state index < -0.39 is 0 Å². The molecule has 0 aromatic heterocycles. The molecule has 0 bridgehead atoms. The van der Waals surface area contributed by atoms with E-state index in [2.05, 4.69) is 0 Å². The number of benzene rings is 1. The first-order valence-corrected chi connectivity index (χ1v) is 3.92. The number of hydrogen-bond donors (Lipinski definition) is 0. The van der Waals surface area contributed by atoms with E-state index in [1.165, 1.54) is 12.1 Å². The number of halogens is 1. The fraction of sp³-hybridized carbons (Fsp3) is 0.300. The van der Waals surface area contributed by atoms with E-state index in [1.807, 2.05) is 12.4 Å². The molecule has 0 amide bonds. The minimum atomic E-state index is -0.220. The van der Waals surface area contributed by atoms with Gasteiger partial charge in [0.2, 0.25) is 0 Å². The number of unbranched alkanes of at least 4 members (excludes halogenated alkanes) is 1. The number of rotatable bonds is 4. The summed E-state index contributed by atoms with van der Waals surface area (Å²) in [5.41, 5.74) is 0.935. The molecular weight excluding hydrogens is 155 g/mol. The van der Waals surface area contributed by atoms with Crippen LogP contribution in [0.2, 0.25) is 0 Å². The maximum atomic E-state index is 12.6. The van der Waals surface area contributed by atoms with Gasteiger partial charge in [-0.25, -0.2) is 4.39 Å². The number of aryl methyl sites for hydroxylation is 1. The average molecular weight is 165 g/mol. The third-order valence-electron chi connectivity index (χ3n) is 1.63. The zero-order chi connectivity index (χ0) is 8.81. The molecule has 1 nitrogen and oxygen atoms in total. The van der Waals surface area contributed by atoms with Crippen molar-refractivity contribution in [2.45, 2.75) is 19.3 Å². The van der Waals surface area contributed by atoms with Crippen LogP contribution in [0.4, 0.5) is 4.39 Å². The highest BCUT2D eigenvalue weighted by Crippen LogP contribution is 2.06. The van der Waals surface area contributed by atoms with E-state index in [-0.39, 0.29) is 5.82 Å². The molecule has 1 radical (unpaired) electrons. The fourth-order valence-electron chi connectivity index (χ4n) is 1.06. The Labute approximate surface area is 71.2 Å². The number of hydrogen-bond acceptors (Lipinski definition) is 1. The second kappa shape index (κ2) is 4.65. The van der Waals surface area contributed by atoms with E-state index in [1.54, 1.807) is 6.07 Å². The minimum absolute atomic E-state index is 0.220. The summed E-state index contributed by atoms with van der Waals surface area (Å²) in [6, 6.07) is 6.43. The van der Waals surface area contributed by atoms with Gasteiger partial charge in [-0.1, -0.05) is 12.1 Å². The SMILES string of the molecule is O=[C]CCCc1cccc(F)c1. The topological polar surface area (TPSA) is 17.1 Å². The van der Waals surface area contributed by atoms with Gasteiger partial charge >= 0.3 is 0 Å². The van der Waals surface area contributed by atoms with Crippen molar-refractivity contribution in [3.63, 3.8) is 0 Å². The Hall–Kier alpha value is -1.18. The van der Waals surface area contributed by atoms with Crippen LogP contribution in [0.25, 0.3) is 0 Å². The largest absolute Gasteiger partial charge is 0.291 e. The predicted molar refractivity (Wildman–Crippen MR) is 45.0 cm³/mol. The molecule has 0 N–H and O–H groups in total. The third kappa shape index (κ3) is 2.82. The van der Waals surface area contributed by atoms with Gasteiger partial charge in [-0.05, 0) is 30.5 Å². The molecule has 2 heteroatoms.